The van der Waals surface area contributed by atoms with Gasteiger partial charge in [0.05, 0.1) is 16.6 Å². The molecular weight excluding hydrogens is 442 g/mol. The number of rotatable bonds is 6. The number of piperidine rings is 1. The number of hydrogen-bond acceptors (Lipinski definition) is 5. The highest BCUT2D eigenvalue weighted by molar-refractivity contribution is 5.97. The van der Waals surface area contributed by atoms with Crippen LogP contribution in [0.1, 0.15) is 36.8 Å². The Morgan fingerprint density at radius 3 is 2.76 bits per heavy atom. The van der Waals surface area contributed by atoms with Crippen molar-refractivity contribution in [1.82, 2.24) is 24.8 Å². The summed E-state index contributed by atoms with van der Waals surface area (Å²) in [5.41, 5.74) is 2.58. The van der Waals surface area contributed by atoms with Crippen molar-refractivity contribution in [3.8, 4) is 23.2 Å². The number of benzene rings is 1. The average molecular weight is 466 g/mol. The zero-order valence-electron chi connectivity index (χ0n) is 18.6. The summed E-state index contributed by atoms with van der Waals surface area (Å²) in [6.07, 6.45) is 2.20. The first-order valence-electron chi connectivity index (χ1n) is 11.3. The van der Waals surface area contributed by atoms with Crippen LogP contribution in [0, 0.1) is 11.3 Å². The van der Waals surface area contributed by atoms with Crippen LogP contribution in [0.2, 0.25) is 0 Å². The minimum Gasteiger partial charge on any atom is -0.485 e. The number of likely N-dealkylation sites (tertiary alicyclic amines) is 1. The number of aromatic amines is 3. The van der Waals surface area contributed by atoms with E-state index in [-0.39, 0.29) is 22.9 Å². The van der Waals surface area contributed by atoms with E-state index in [1.54, 1.807) is 0 Å². The second kappa shape index (κ2) is 8.91. The molecule has 1 aromatic carbocycles. The molecule has 10 heteroatoms. The topological polar surface area (TPSA) is 114 Å². The fourth-order valence-corrected chi connectivity index (χ4v) is 4.80. The summed E-state index contributed by atoms with van der Waals surface area (Å²) in [6.45, 7) is 4.24. The van der Waals surface area contributed by atoms with Crippen LogP contribution < -0.4 is 10.3 Å². The van der Waals surface area contributed by atoms with Crippen LogP contribution in [-0.2, 0) is 0 Å². The molecule has 0 spiro atoms. The van der Waals surface area contributed by atoms with Gasteiger partial charge in [0, 0.05) is 17.8 Å². The molecular formula is C24H24F2N6O2. The second-order valence-electron chi connectivity index (χ2n) is 8.47. The molecule has 4 heterocycles. The number of imidazole rings is 1. The van der Waals surface area contributed by atoms with Crippen molar-refractivity contribution in [3.63, 3.8) is 0 Å². The molecule has 4 aromatic rings. The number of alkyl halides is 2. The molecule has 0 amide bonds. The number of nitrogens with zero attached hydrogens (tertiary/aromatic N) is 3. The molecule has 34 heavy (non-hydrogen) atoms. The van der Waals surface area contributed by atoms with Crippen LogP contribution in [0.15, 0.2) is 29.3 Å². The van der Waals surface area contributed by atoms with Gasteiger partial charge in [0.25, 0.3) is 12.0 Å². The Kier molecular flexibility index (Phi) is 5.79. The van der Waals surface area contributed by atoms with Gasteiger partial charge in [-0.05, 0) is 50.0 Å². The third kappa shape index (κ3) is 3.82. The standard InChI is InChI=1S/C24H24F2N6O2/c1-2-32-7-5-13(6-8-32)15-3-4-17-21(22(15)34-12-18(25)26)31-23(30-17)19-20-16(11-29-24(19)33)14(9-27)10-28-20/h3-4,10-11,13,18,28H,2,5-8,12H2,1H3,(H,29,33)(H,30,31). The highest BCUT2D eigenvalue weighted by atomic mass is 19.3. The smallest absolute Gasteiger partial charge is 0.272 e. The predicted octanol–water partition coefficient (Wildman–Crippen LogP) is 4.11. The Balaban J connectivity index is 1.63. The molecule has 8 nitrogen and oxygen atoms in total. The van der Waals surface area contributed by atoms with E-state index < -0.39 is 13.0 Å². The van der Waals surface area contributed by atoms with Gasteiger partial charge in [0.15, 0.2) is 5.75 Å². The molecule has 0 bridgehead atoms. The number of ether oxygens (including phenoxy) is 1. The van der Waals surface area contributed by atoms with Crippen molar-refractivity contribution in [3.05, 3.63) is 46.0 Å². The molecule has 3 aromatic heterocycles. The molecule has 0 saturated carbocycles. The van der Waals surface area contributed by atoms with Crippen LogP contribution in [0.4, 0.5) is 8.78 Å². The monoisotopic (exact) mass is 466 g/mol. The summed E-state index contributed by atoms with van der Waals surface area (Å²) in [7, 11) is 0. The van der Waals surface area contributed by atoms with Gasteiger partial charge < -0.3 is 24.6 Å². The van der Waals surface area contributed by atoms with Crippen molar-refractivity contribution >= 4 is 21.9 Å². The number of halogens is 2. The van der Waals surface area contributed by atoms with E-state index in [4.69, 9.17) is 4.74 Å². The first-order valence-corrected chi connectivity index (χ1v) is 11.3. The second-order valence-corrected chi connectivity index (χ2v) is 8.47. The van der Waals surface area contributed by atoms with Gasteiger partial charge in [0.1, 0.15) is 29.6 Å². The molecule has 176 valence electrons. The van der Waals surface area contributed by atoms with Crippen LogP contribution in [0.5, 0.6) is 5.75 Å². The van der Waals surface area contributed by atoms with Gasteiger partial charge in [-0.2, -0.15) is 5.26 Å². The highest BCUT2D eigenvalue weighted by Crippen LogP contribution is 2.39. The Hall–Kier alpha value is -3.71. The number of nitriles is 1. The average Bonchev–Trinajstić information content (AvgIpc) is 3.46. The van der Waals surface area contributed by atoms with Crippen molar-refractivity contribution in [2.24, 2.45) is 0 Å². The lowest BCUT2D eigenvalue weighted by atomic mass is 9.88. The van der Waals surface area contributed by atoms with Gasteiger partial charge >= 0.3 is 0 Å². The zero-order chi connectivity index (χ0) is 23.8. The number of hydrogen-bond donors (Lipinski definition) is 3. The Morgan fingerprint density at radius 2 is 2.06 bits per heavy atom. The van der Waals surface area contributed by atoms with Crippen molar-refractivity contribution in [2.75, 3.05) is 26.2 Å². The van der Waals surface area contributed by atoms with Crippen molar-refractivity contribution in [1.29, 1.82) is 5.26 Å². The summed E-state index contributed by atoms with van der Waals surface area (Å²) < 4.78 is 31.8. The minimum absolute atomic E-state index is 0.174. The molecule has 5 rings (SSSR count). The predicted molar refractivity (Wildman–Crippen MR) is 124 cm³/mol. The van der Waals surface area contributed by atoms with E-state index >= 15 is 0 Å². The van der Waals surface area contributed by atoms with E-state index in [1.165, 1.54) is 12.4 Å². The molecule has 3 N–H and O–H groups in total. The summed E-state index contributed by atoms with van der Waals surface area (Å²) in [4.78, 5) is 28.5. The number of H-pyrrole nitrogens is 3. The van der Waals surface area contributed by atoms with E-state index in [1.807, 2.05) is 12.1 Å². The highest BCUT2D eigenvalue weighted by Gasteiger charge is 2.26. The summed E-state index contributed by atoms with van der Waals surface area (Å²) >= 11 is 0. The first-order chi connectivity index (χ1) is 16.5. The van der Waals surface area contributed by atoms with Gasteiger partial charge in [-0.25, -0.2) is 13.8 Å². The maximum Gasteiger partial charge on any atom is 0.272 e. The molecule has 1 aliphatic rings. The van der Waals surface area contributed by atoms with Crippen molar-refractivity contribution in [2.45, 2.75) is 32.1 Å². The summed E-state index contributed by atoms with van der Waals surface area (Å²) in [5, 5.41) is 9.90. The SMILES string of the molecule is CCN1CCC(c2ccc3[nH]c(-c4c(=O)[nH]cc5c(C#N)c[nH]c45)nc3c2OCC(F)F)CC1. The minimum atomic E-state index is -2.62. The fourth-order valence-electron chi connectivity index (χ4n) is 4.80. The molecule has 0 atom stereocenters. The van der Waals surface area contributed by atoms with Gasteiger partial charge in [-0.1, -0.05) is 13.0 Å². The maximum absolute atomic E-state index is 13.1. The third-order valence-corrected chi connectivity index (χ3v) is 6.57. The molecule has 1 aliphatic heterocycles. The van der Waals surface area contributed by atoms with Crippen LogP contribution in [0.25, 0.3) is 33.3 Å². The normalized spacial score (nSPS) is 15.4. The van der Waals surface area contributed by atoms with E-state index in [9.17, 15) is 18.8 Å². The number of fused-ring (bicyclic) bond motifs is 2. The lowest BCUT2D eigenvalue weighted by Gasteiger charge is -2.32. The summed E-state index contributed by atoms with van der Waals surface area (Å²) in [5.74, 6) is 0.782. The lowest BCUT2D eigenvalue weighted by molar-refractivity contribution is 0.0816. The molecule has 0 aliphatic carbocycles. The largest absolute Gasteiger partial charge is 0.485 e. The molecule has 1 fully saturated rings. The number of nitrogens with one attached hydrogen (secondary N) is 3. The maximum atomic E-state index is 13.1. The number of pyridine rings is 1. The summed E-state index contributed by atoms with van der Waals surface area (Å²) in [6, 6.07) is 5.84. The molecule has 0 unspecified atom stereocenters. The Labute approximate surface area is 193 Å². The van der Waals surface area contributed by atoms with Crippen molar-refractivity contribution < 1.29 is 13.5 Å². The van der Waals surface area contributed by atoms with Crippen LogP contribution in [-0.4, -0.2) is 57.5 Å². The lowest BCUT2D eigenvalue weighted by Crippen LogP contribution is -2.32. The van der Waals surface area contributed by atoms with Gasteiger partial charge in [-0.15, -0.1) is 0 Å². The first kappa shape index (κ1) is 22.1. The fraction of sp³-hybridized carbons (Fsp3) is 0.375. The van der Waals surface area contributed by atoms with E-state index in [2.05, 4.69) is 37.8 Å². The van der Waals surface area contributed by atoms with E-state index in [0.29, 0.717) is 33.2 Å². The van der Waals surface area contributed by atoms with E-state index in [0.717, 1.165) is 38.0 Å². The quantitative estimate of drug-likeness (QED) is 0.396. The van der Waals surface area contributed by atoms with Gasteiger partial charge in [-0.3, -0.25) is 4.79 Å². The number of aromatic nitrogens is 4. The van der Waals surface area contributed by atoms with Crippen LogP contribution >= 0.6 is 0 Å². The third-order valence-electron chi connectivity index (χ3n) is 6.57. The van der Waals surface area contributed by atoms with Crippen LogP contribution in [0.3, 0.4) is 0 Å². The zero-order valence-corrected chi connectivity index (χ0v) is 18.6. The molecule has 0 radical (unpaired) electrons. The molecule has 1 saturated heterocycles. The Morgan fingerprint density at radius 1 is 1.26 bits per heavy atom. The Bertz CT molecular complexity index is 1440. The van der Waals surface area contributed by atoms with Gasteiger partial charge in [0.2, 0.25) is 0 Å².